The lowest BCUT2D eigenvalue weighted by Gasteiger charge is -2.08. The van der Waals surface area contributed by atoms with Gasteiger partial charge in [0, 0.05) is 12.3 Å². The zero-order valence-electron chi connectivity index (χ0n) is 7.09. The molecule has 0 radical (unpaired) electrons. The van der Waals surface area contributed by atoms with Crippen LogP contribution in [0, 0.1) is 0 Å². The van der Waals surface area contributed by atoms with Gasteiger partial charge in [-0.2, -0.15) is 8.78 Å². The van der Waals surface area contributed by atoms with Crippen LogP contribution < -0.4 is 0 Å². The molecule has 74 valence electrons. The molecule has 0 N–H and O–H groups in total. The van der Waals surface area contributed by atoms with Crippen LogP contribution in [0.2, 0.25) is 5.15 Å². The Balaban J connectivity index is 2.70. The Kier molecular flexibility index (Phi) is 2.16. The minimum atomic E-state index is -3.05. The van der Waals surface area contributed by atoms with Crippen LogP contribution in [0.1, 0.15) is 12.7 Å². The highest BCUT2D eigenvalue weighted by Crippen LogP contribution is 2.30. The van der Waals surface area contributed by atoms with Crippen LogP contribution in [0.25, 0.3) is 10.2 Å². The zero-order valence-corrected chi connectivity index (χ0v) is 8.66. The summed E-state index contributed by atoms with van der Waals surface area (Å²) in [6.07, 6.45) is 0. The fourth-order valence-corrected chi connectivity index (χ4v) is 2.07. The standard InChI is InChI=1S/C8H5ClF2N2S/c1-8(10,11)7-12-5(9)4-2-3-14-6(4)13-7/h2-3H,1H3. The van der Waals surface area contributed by atoms with E-state index < -0.39 is 11.7 Å². The van der Waals surface area contributed by atoms with Crippen molar-refractivity contribution < 1.29 is 8.78 Å². The Morgan fingerprint density at radius 1 is 1.43 bits per heavy atom. The molecule has 0 bridgehead atoms. The maximum Gasteiger partial charge on any atom is 0.303 e. The Morgan fingerprint density at radius 2 is 2.14 bits per heavy atom. The first kappa shape index (κ1) is 9.73. The smallest absolute Gasteiger partial charge is 0.216 e. The third-order valence-electron chi connectivity index (χ3n) is 1.67. The summed E-state index contributed by atoms with van der Waals surface area (Å²) in [6, 6.07) is 1.71. The van der Waals surface area contributed by atoms with E-state index in [-0.39, 0.29) is 5.15 Å². The van der Waals surface area contributed by atoms with Gasteiger partial charge in [-0.25, -0.2) is 9.97 Å². The van der Waals surface area contributed by atoms with Crippen LogP contribution >= 0.6 is 22.9 Å². The Bertz CT molecular complexity index is 478. The van der Waals surface area contributed by atoms with Crippen molar-refractivity contribution >= 4 is 33.2 Å². The molecule has 2 aromatic heterocycles. The summed E-state index contributed by atoms with van der Waals surface area (Å²) in [4.78, 5) is 7.78. The molecule has 2 rings (SSSR count). The topological polar surface area (TPSA) is 25.8 Å². The van der Waals surface area contributed by atoms with Gasteiger partial charge in [-0.3, -0.25) is 0 Å². The van der Waals surface area contributed by atoms with Gasteiger partial charge in [0.15, 0.2) is 0 Å². The monoisotopic (exact) mass is 234 g/mol. The number of halogens is 3. The van der Waals surface area contributed by atoms with Crippen molar-refractivity contribution in [3.8, 4) is 0 Å². The summed E-state index contributed by atoms with van der Waals surface area (Å²) in [6.45, 7) is 0.748. The molecule has 0 saturated heterocycles. The fourth-order valence-electron chi connectivity index (χ4n) is 1.02. The first-order valence-corrected chi connectivity index (χ1v) is 5.03. The van der Waals surface area contributed by atoms with E-state index in [2.05, 4.69) is 9.97 Å². The van der Waals surface area contributed by atoms with E-state index in [0.29, 0.717) is 10.2 Å². The van der Waals surface area contributed by atoms with Gasteiger partial charge in [0.25, 0.3) is 0 Å². The lowest BCUT2D eigenvalue weighted by molar-refractivity contribution is 0.00812. The predicted molar refractivity (Wildman–Crippen MR) is 52.0 cm³/mol. The van der Waals surface area contributed by atoms with Gasteiger partial charge in [-0.15, -0.1) is 11.3 Å². The van der Waals surface area contributed by atoms with Crippen LogP contribution in [0.3, 0.4) is 0 Å². The van der Waals surface area contributed by atoms with Crippen LogP contribution in [0.15, 0.2) is 11.4 Å². The molecule has 2 heterocycles. The van der Waals surface area contributed by atoms with Crippen LogP contribution in [-0.2, 0) is 5.92 Å². The molecule has 2 nitrogen and oxygen atoms in total. The number of hydrogen-bond donors (Lipinski definition) is 0. The van der Waals surface area contributed by atoms with Crippen molar-refractivity contribution in [2.75, 3.05) is 0 Å². The van der Waals surface area contributed by atoms with Crippen LogP contribution in [0.4, 0.5) is 8.78 Å². The molecular formula is C8H5ClF2N2S. The van der Waals surface area contributed by atoms with Gasteiger partial charge in [0.2, 0.25) is 5.82 Å². The number of fused-ring (bicyclic) bond motifs is 1. The highest BCUT2D eigenvalue weighted by molar-refractivity contribution is 7.16. The van der Waals surface area contributed by atoms with E-state index in [1.807, 2.05) is 0 Å². The van der Waals surface area contributed by atoms with E-state index in [9.17, 15) is 8.78 Å². The predicted octanol–water partition coefficient (Wildman–Crippen LogP) is 3.46. The van der Waals surface area contributed by atoms with Crippen molar-refractivity contribution in [1.29, 1.82) is 0 Å². The fraction of sp³-hybridized carbons (Fsp3) is 0.250. The van der Waals surface area contributed by atoms with Gasteiger partial charge in [-0.1, -0.05) is 11.6 Å². The molecule has 0 amide bonds. The third kappa shape index (κ3) is 1.57. The summed E-state index contributed by atoms with van der Waals surface area (Å²) >= 11 is 6.99. The summed E-state index contributed by atoms with van der Waals surface area (Å²) in [5.74, 6) is -3.58. The van der Waals surface area contributed by atoms with Gasteiger partial charge < -0.3 is 0 Å². The van der Waals surface area contributed by atoms with Crippen LogP contribution in [-0.4, -0.2) is 9.97 Å². The first-order valence-electron chi connectivity index (χ1n) is 3.77. The van der Waals surface area contributed by atoms with Crippen LogP contribution in [0.5, 0.6) is 0 Å². The summed E-state index contributed by atoms with van der Waals surface area (Å²) in [7, 11) is 0. The maximum atomic E-state index is 12.9. The molecule has 0 fully saturated rings. The lowest BCUT2D eigenvalue weighted by atomic mass is 10.3. The number of hydrogen-bond acceptors (Lipinski definition) is 3. The third-order valence-corrected chi connectivity index (χ3v) is 2.77. The van der Waals surface area contributed by atoms with Crippen molar-refractivity contribution in [2.45, 2.75) is 12.8 Å². The average Bonchev–Trinajstić information content (AvgIpc) is 2.50. The highest BCUT2D eigenvalue weighted by atomic mass is 35.5. The van der Waals surface area contributed by atoms with Gasteiger partial charge in [0.05, 0.1) is 0 Å². The molecule has 2 aromatic rings. The molecule has 6 heteroatoms. The van der Waals surface area contributed by atoms with E-state index >= 15 is 0 Å². The van der Waals surface area contributed by atoms with Crippen molar-refractivity contribution in [3.63, 3.8) is 0 Å². The lowest BCUT2D eigenvalue weighted by Crippen LogP contribution is -2.12. The molecule has 0 aliphatic heterocycles. The Labute approximate surface area is 87.6 Å². The highest BCUT2D eigenvalue weighted by Gasteiger charge is 2.29. The molecule has 0 unspecified atom stereocenters. The Hall–Kier alpha value is -0.810. The van der Waals surface area contributed by atoms with E-state index in [0.717, 1.165) is 6.92 Å². The molecule has 0 aliphatic rings. The number of thiophene rings is 1. The second-order valence-electron chi connectivity index (χ2n) is 2.87. The molecule has 0 atom stereocenters. The molecule has 0 aromatic carbocycles. The van der Waals surface area contributed by atoms with E-state index in [1.165, 1.54) is 11.3 Å². The minimum absolute atomic E-state index is 0.0766. The van der Waals surface area contributed by atoms with E-state index in [1.54, 1.807) is 11.4 Å². The van der Waals surface area contributed by atoms with E-state index in [4.69, 9.17) is 11.6 Å². The zero-order chi connectivity index (χ0) is 10.3. The summed E-state index contributed by atoms with van der Waals surface area (Å²) < 4.78 is 25.8. The second kappa shape index (κ2) is 3.10. The SMILES string of the molecule is CC(F)(F)c1nc(Cl)c2ccsc2n1. The normalized spacial score (nSPS) is 12.3. The molecule has 0 spiro atoms. The van der Waals surface area contributed by atoms with Gasteiger partial charge >= 0.3 is 5.92 Å². The number of alkyl halides is 2. The quantitative estimate of drug-likeness (QED) is 0.707. The minimum Gasteiger partial charge on any atom is -0.216 e. The average molecular weight is 235 g/mol. The summed E-state index contributed by atoms with van der Waals surface area (Å²) in [5, 5.41) is 2.43. The van der Waals surface area contributed by atoms with Gasteiger partial charge in [0.1, 0.15) is 9.98 Å². The second-order valence-corrected chi connectivity index (χ2v) is 4.12. The number of nitrogens with zero attached hydrogens (tertiary/aromatic N) is 2. The molecular weight excluding hydrogens is 230 g/mol. The summed E-state index contributed by atoms with van der Waals surface area (Å²) in [5.41, 5.74) is 0. The van der Waals surface area contributed by atoms with Crippen molar-refractivity contribution in [3.05, 3.63) is 22.4 Å². The van der Waals surface area contributed by atoms with Crippen molar-refractivity contribution in [1.82, 2.24) is 9.97 Å². The largest absolute Gasteiger partial charge is 0.303 e. The molecule has 14 heavy (non-hydrogen) atoms. The van der Waals surface area contributed by atoms with Gasteiger partial charge in [-0.05, 0) is 11.4 Å². The first-order chi connectivity index (χ1) is 6.48. The number of aromatic nitrogens is 2. The molecule has 0 aliphatic carbocycles. The Morgan fingerprint density at radius 3 is 2.79 bits per heavy atom. The number of rotatable bonds is 1. The van der Waals surface area contributed by atoms with Crippen molar-refractivity contribution in [2.24, 2.45) is 0 Å². The molecule has 0 saturated carbocycles. The maximum absolute atomic E-state index is 12.9.